The van der Waals surface area contributed by atoms with Crippen molar-refractivity contribution in [2.75, 3.05) is 13.2 Å². The number of hydrogen-bond donors (Lipinski definition) is 0. The van der Waals surface area contributed by atoms with E-state index in [9.17, 15) is 9.59 Å². The Kier molecular flexibility index (Phi) is 5.91. The summed E-state index contributed by atoms with van der Waals surface area (Å²) in [4.78, 5) is 28.3. The van der Waals surface area contributed by atoms with Crippen LogP contribution in [0.15, 0.2) is 72.1 Å². The van der Waals surface area contributed by atoms with Crippen LogP contribution in [0.25, 0.3) is 0 Å². The highest BCUT2D eigenvalue weighted by Crippen LogP contribution is 2.34. The molecule has 1 fully saturated rings. The summed E-state index contributed by atoms with van der Waals surface area (Å²) in [6.07, 6.45) is 1.89. The van der Waals surface area contributed by atoms with E-state index in [1.807, 2.05) is 52.7 Å². The summed E-state index contributed by atoms with van der Waals surface area (Å²) in [6.45, 7) is 0.410. The standard InChI is InChI=1S/C23H21NO4S/c25-22(24-14-6-11-19(24)21-13-7-15-29-21)16-27-23(26)18-10-4-5-12-20(18)28-17-8-2-1-3-9-17/h1-5,7-10,12-13,15,19H,6,11,14,16H2. The van der Waals surface area contributed by atoms with E-state index < -0.39 is 5.97 Å². The van der Waals surface area contributed by atoms with E-state index in [-0.39, 0.29) is 18.6 Å². The van der Waals surface area contributed by atoms with Gasteiger partial charge in [0, 0.05) is 11.4 Å². The van der Waals surface area contributed by atoms with Crippen LogP contribution >= 0.6 is 11.3 Å². The van der Waals surface area contributed by atoms with E-state index in [4.69, 9.17) is 9.47 Å². The number of hydrogen-bond acceptors (Lipinski definition) is 5. The molecular formula is C23H21NO4S. The van der Waals surface area contributed by atoms with Crippen molar-refractivity contribution in [1.82, 2.24) is 4.90 Å². The van der Waals surface area contributed by atoms with E-state index in [0.717, 1.165) is 12.8 Å². The fraction of sp³-hybridized carbons (Fsp3) is 0.217. The SMILES string of the molecule is O=C(OCC(=O)N1CCCC1c1cccs1)c1ccccc1Oc1ccccc1. The van der Waals surface area contributed by atoms with Gasteiger partial charge in [0.2, 0.25) is 0 Å². The monoisotopic (exact) mass is 407 g/mol. The van der Waals surface area contributed by atoms with Gasteiger partial charge in [0.15, 0.2) is 6.61 Å². The Morgan fingerprint density at radius 1 is 1.00 bits per heavy atom. The molecule has 0 spiro atoms. The molecule has 1 amide bonds. The first-order valence-electron chi connectivity index (χ1n) is 9.54. The number of thiophene rings is 1. The molecule has 1 atom stereocenters. The van der Waals surface area contributed by atoms with E-state index in [0.29, 0.717) is 23.6 Å². The quantitative estimate of drug-likeness (QED) is 0.536. The second kappa shape index (κ2) is 8.92. The largest absolute Gasteiger partial charge is 0.456 e. The Morgan fingerprint density at radius 2 is 1.79 bits per heavy atom. The Bertz CT molecular complexity index is 972. The maximum atomic E-state index is 12.7. The van der Waals surface area contributed by atoms with Crippen molar-refractivity contribution >= 4 is 23.2 Å². The first-order valence-corrected chi connectivity index (χ1v) is 10.4. The first-order chi connectivity index (χ1) is 14.2. The number of carbonyl (C=O) groups is 2. The molecule has 2 heterocycles. The summed E-state index contributed by atoms with van der Waals surface area (Å²) >= 11 is 1.65. The second-order valence-electron chi connectivity index (χ2n) is 6.75. The molecule has 0 radical (unpaired) electrons. The molecule has 5 nitrogen and oxygen atoms in total. The normalized spacial score (nSPS) is 15.9. The Balaban J connectivity index is 1.40. The number of para-hydroxylation sites is 2. The van der Waals surface area contributed by atoms with Crippen LogP contribution in [0.2, 0.25) is 0 Å². The van der Waals surface area contributed by atoms with Crippen molar-refractivity contribution in [3.8, 4) is 11.5 Å². The van der Waals surface area contributed by atoms with Crippen LogP contribution in [-0.4, -0.2) is 29.9 Å². The lowest BCUT2D eigenvalue weighted by molar-refractivity contribution is -0.135. The molecule has 2 aromatic carbocycles. The zero-order chi connectivity index (χ0) is 20.1. The van der Waals surface area contributed by atoms with Gasteiger partial charge in [-0.05, 0) is 48.6 Å². The molecule has 0 aliphatic carbocycles. The smallest absolute Gasteiger partial charge is 0.342 e. The number of carbonyl (C=O) groups excluding carboxylic acids is 2. The van der Waals surface area contributed by atoms with E-state index >= 15 is 0 Å². The minimum absolute atomic E-state index is 0.0786. The van der Waals surface area contributed by atoms with Gasteiger partial charge in [-0.25, -0.2) is 4.79 Å². The van der Waals surface area contributed by atoms with Crippen LogP contribution < -0.4 is 4.74 Å². The third kappa shape index (κ3) is 4.49. The molecule has 0 saturated carbocycles. The van der Waals surface area contributed by atoms with Crippen molar-refractivity contribution in [1.29, 1.82) is 0 Å². The fourth-order valence-electron chi connectivity index (χ4n) is 3.47. The van der Waals surface area contributed by atoms with Crippen molar-refractivity contribution in [3.63, 3.8) is 0 Å². The van der Waals surface area contributed by atoms with Gasteiger partial charge in [-0.3, -0.25) is 4.79 Å². The number of rotatable bonds is 6. The number of ether oxygens (including phenoxy) is 2. The molecule has 0 bridgehead atoms. The van der Waals surface area contributed by atoms with Crippen LogP contribution in [0, 0.1) is 0 Å². The van der Waals surface area contributed by atoms with Crippen LogP contribution in [0.3, 0.4) is 0 Å². The Hall–Kier alpha value is -3.12. The minimum Gasteiger partial charge on any atom is -0.456 e. The summed E-state index contributed by atoms with van der Waals surface area (Å²) in [7, 11) is 0. The molecule has 1 unspecified atom stereocenters. The first kappa shape index (κ1) is 19.2. The Labute approximate surface area is 173 Å². The van der Waals surface area contributed by atoms with Gasteiger partial charge in [-0.1, -0.05) is 36.4 Å². The van der Waals surface area contributed by atoms with E-state index in [1.54, 1.807) is 35.6 Å². The number of benzene rings is 2. The van der Waals surface area contributed by atoms with Crippen LogP contribution in [0.1, 0.15) is 34.1 Å². The highest BCUT2D eigenvalue weighted by molar-refractivity contribution is 7.10. The number of nitrogens with zero attached hydrogens (tertiary/aromatic N) is 1. The summed E-state index contributed by atoms with van der Waals surface area (Å²) in [5.74, 6) is 0.279. The maximum Gasteiger partial charge on any atom is 0.342 e. The number of amides is 1. The minimum atomic E-state index is -0.572. The van der Waals surface area contributed by atoms with Gasteiger partial charge in [0.05, 0.1) is 6.04 Å². The third-order valence-corrected chi connectivity index (χ3v) is 5.82. The van der Waals surface area contributed by atoms with E-state index in [1.165, 1.54) is 4.88 Å². The average molecular weight is 407 g/mol. The van der Waals surface area contributed by atoms with Gasteiger partial charge in [-0.2, -0.15) is 0 Å². The molecule has 4 rings (SSSR count). The number of esters is 1. The molecule has 148 valence electrons. The lowest BCUT2D eigenvalue weighted by Gasteiger charge is -2.23. The Morgan fingerprint density at radius 3 is 2.59 bits per heavy atom. The van der Waals surface area contributed by atoms with Gasteiger partial charge in [0.1, 0.15) is 17.1 Å². The predicted octanol–water partition coefficient (Wildman–Crippen LogP) is 5.06. The average Bonchev–Trinajstić information content (AvgIpc) is 3.44. The third-order valence-electron chi connectivity index (χ3n) is 4.85. The molecule has 6 heteroatoms. The molecule has 1 saturated heterocycles. The summed E-state index contributed by atoms with van der Waals surface area (Å²) in [5, 5.41) is 2.01. The zero-order valence-corrected chi connectivity index (χ0v) is 16.6. The van der Waals surface area contributed by atoms with E-state index in [2.05, 4.69) is 0 Å². The lowest BCUT2D eigenvalue weighted by Crippen LogP contribution is -2.34. The highest BCUT2D eigenvalue weighted by Gasteiger charge is 2.31. The van der Waals surface area contributed by atoms with Gasteiger partial charge in [-0.15, -0.1) is 11.3 Å². The molecule has 29 heavy (non-hydrogen) atoms. The summed E-state index contributed by atoms with van der Waals surface area (Å²) in [5.41, 5.74) is 0.292. The molecule has 1 aromatic heterocycles. The maximum absolute atomic E-state index is 12.7. The van der Waals surface area contributed by atoms with Crippen LogP contribution in [0.5, 0.6) is 11.5 Å². The zero-order valence-electron chi connectivity index (χ0n) is 15.8. The molecule has 0 N–H and O–H groups in total. The predicted molar refractivity (Wildman–Crippen MR) is 111 cm³/mol. The van der Waals surface area contributed by atoms with Crippen LogP contribution in [0.4, 0.5) is 0 Å². The molecular weight excluding hydrogens is 386 g/mol. The van der Waals surface area contributed by atoms with Crippen LogP contribution in [-0.2, 0) is 9.53 Å². The van der Waals surface area contributed by atoms with Crippen molar-refractivity contribution < 1.29 is 19.1 Å². The van der Waals surface area contributed by atoms with Crippen molar-refractivity contribution in [2.24, 2.45) is 0 Å². The van der Waals surface area contributed by atoms with Crippen molar-refractivity contribution in [3.05, 3.63) is 82.6 Å². The molecule has 3 aromatic rings. The number of likely N-dealkylation sites (tertiary alicyclic amines) is 1. The van der Waals surface area contributed by atoms with Gasteiger partial charge < -0.3 is 14.4 Å². The van der Waals surface area contributed by atoms with Crippen molar-refractivity contribution in [2.45, 2.75) is 18.9 Å². The summed E-state index contributed by atoms with van der Waals surface area (Å²) in [6, 6.07) is 20.2. The second-order valence-corrected chi connectivity index (χ2v) is 7.73. The highest BCUT2D eigenvalue weighted by atomic mass is 32.1. The molecule has 1 aliphatic rings. The van der Waals surface area contributed by atoms with Gasteiger partial charge in [0.25, 0.3) is 5.91 Å². The topological polar surface area (TPSA) is 55.8 Å². The molecule has 1 aliphatic heterocycles. The lowest BCUT2D eigenvalue weighted by atomic mass is 10.2. The summed E-state index contributed by atoms with van der Waals surface area (Å²) < 4.78 is 11.1. The fourth-order valence-corrected chi connectivity index (χ4v) is 4.34. The van der Waals surface area contributed by atoms with Gasteiger partial charge >= 0.3 is 5.97 Å².